The summed E-state index contributed by atoms with van der Waals surface area (Å²) in [5.41, 5.74) is 1.28. The van der Waals surface area contributed by atoms with E-state index in [4.69, 9.17) is 9.47 Å². The second kappa shape index (κ2) is 16.1. The number of pyridine rings is 1. The Labute approximate surface area is 248 Å². The standard InChI is InChI=1S/C28H37N3O3.C6H15N/c1-21(31(26-12-5-6-15-29-26)28(32)23-8-3-2-4-9-23)20-30-16-13-22(14-17-30)24-10-7-11-25-27(24)34-19-18-33-25;1-4-7(5-2)6-3/h5-7,10-12,15,21-23H,2-4,8-9,13-14,16-20H2,1H3;4-6H2,1-3H3/t21-;/m1./s1. The largest absolute Gasteiger partial charge is 0.486 e. The zero-order chi connectivity index (χ0) is 29.0. The van der Waals surface area contributed by atoms with Crippen LogP contribution in [-0.2, 0) is 4.79 Å². The molecule has 226 valence electrons. The number of para-hydroxylation sites is 1. The van der Waals surface area contributed by atoms with Gasteiger partial charge in [-0.05, 0) is 89.4 Å². The van der Waals surface area contributed by atoms with Crippen molar-refractivity contribution in [1.82, 2.24) is 14.8 Å². The molecule has 2 aliphatic heterocycles. The molecule has 7 heteroatoms. The first kappa shape index (κ1) is 31.3. The first-order chi connectivity index (χ1) is 20.0. The van der Waals surface area contributed by atoms with E-state index in [1.165, 1.54) is 31.6 Å². The molecule has 1 saturated heterocycles. The molecule has 1 aromatic heterocycles. The predicted octanol–water partition coefficient (Wildman–Crippen LogP) is 6.38. The SMILES string of the molecule is CCN(CC)CC.C[C@H](CN1CCC(c2cccc3c2OCCO3)CC1)N(C(=O)C1CCCCC1)c1ccccn1. The zero-order valence-corrected chi connectivity index (χ0v) is 25.9. The molecule has 2 aromatic rings. The highest BCUT2D eigenvalue weighted by Crippen LogP contribution is 2.41. The first-order valence-electron chi connectivity index (χ1n) is 16.1. The van der Waals surface area contributed by atoms with Crippen LogP contribution in [-0.4, -0.2) is 79.2 Å². The third-order valence-electron chi connectivity index (χ3n) is 9.02. The molecule has 1 aliphatic carbocycles. The first-order valence-corrected chi connectivity index (χ1v) is 16.1. The minimum absolute atomic E-state index is 0.0853. The molecule has 1 atom stereocenters. The van der Waals surface area contributed by atoms with Crippen LogP contribution in [0.15, 0.2) is 42.6 Å². The van der Waals surface area contributed by atoms with Gasteiger partial charge >= 0.3 is 0 Å². The fourth-order valence-electron chi connectivity index (χ4n) is 6.57. The summed E-state index contributed by atoms with van der Waals surface area (Å²) in [6.45, 7) is 16.5. The summed E-state index contributed by atoms with van der Waals surface area (Å²) in [4.78, 5) is 25.0. The molecule has 2 fully saturated rings. The van der Waals surface area contributed by atoms with E-state index in [0.29, 0.717) is 19.1 Å². The maximum atomic E-state index is 13.6. The number of likely N-dealkylation sites (tertiary alicyclic amines) is 1. The third-order valence-corrected chi connectivity index (χ3v) is 9.02. The summed E-state index contributed by atoms with van der Waals surface area (Å²) in [7, 11) is 0. The van der Waals surface area contributed by atoms with Gasteiger partial charge in [-0.15, -0.1) is 0 Å². The minimum atomic E-state index is 0.0853. The van der Waals surface area contributed by atoms with Gasteiger partial charge in [0, 0.05) is 30.3 Å². The van der Waals surface area contributed by atoms with Gasteiger partial charge in [0.15, 0.2) is 11.5 Å². The van der Waals surface area contributed by atoms with Gasteiger partial charge in [0.2, 0.25) is 5.91 Å². The third kappa shape index (κ3) is 8.45. The van der Waals surface area contributed by atoms with Gasteiger partial charge in [-0.3, -0.25) is 9.69 Å². The Morgan fingerprint density at radius 3 is 2.27 bits per heavy atom. The number of benzene rings is 1. The van der Waals surface area contributed by atoms with Gasteiger partial charge in [-0.1, -0.05) is 58.2 Å². The number of piperidine rings is 1. The Morgan fingerprint density at radius 1 is 0.927 bits per heavy atom. The molecule has 0 bridgehead atoms. The topological polar surface area (TPSA) is 58.1 Å². The number of hydrogen-bond donors (Lipinski definition) is 0. The second-order valence-electron chi connectivity index (χ2n) is 11.6. The molecule has 0 radical (unpaired) electrons. The molecule has 3 aliphatic rings. The number of ether oxygens (including phenoxy) is 2. The van der Waals surface area contributed by atoms with E-state index in [1.54, 1.807) is 6.20 Å². The molecule has 0 N–H and O–H groups in total. The lowest BCUT2D eigenvalue weighted by molar-refractivity contribution is -0.123. The monoisotopic (exact) mass is 564 g/mol. The Kier molecular flexibility index (Phi) is 12.3. The van der Waals surface area contributed by atoms with Gasteiger partial charge in [-0.2, -0.15) is 0 Å². The van der Waals surface area contributed by atoms with Crippen molar-refractivity contribution in [2.75, 3.05) is 57.4 Å². The van der Waals surface area contributed by atoms with Gasteiger partial charge in [0.25, 0.3) is 0 Å². The summed E-state index contributed by atoms with van der Waals surface area (Å²) >= 11 is 0. The van der Waals surface area contributed by atoms with Crippen LogP contribution in [0.4, 0.5) is 5.82 Å². The quantitative estimate of drug-likeness (QED) is 0.352. The molecule has 5 rings (SSSR count). The smallest absolute Gasteiger partial charge is 0.231 e. The lowest BCUT2D eigenvalue weighted by Gasteiger charge is -2.38. The van der Waals surface area contributed by atoms with E-state index in [-0.39, 0.29) is 17.9 Å². The van der Waals surface area contributed by atoms with Crippen LogP contribution in [0.3, 0.4) is 0 Å². The zero-order valence-electron chi connectivity index (χ0n) is 25.9. The number of carbonyl (C=O) groups is 1. The summed E-state index contributed by atoms with van der Waals surface area (Å²) in [5, 5.41) is 0. The predicted molar refractivity (Wildman–Crippen MR) is 167 cm³/mol. The van der Waals surface area contributed by atoms with Gasteiger partial charge in [0.1, 0.15) is 19.0 Å². The normalized spacial score (nSPS) is 18.9. The van der Waals surface area contributed by atoms with Crippen LogP contribution >= 0.6 is 0 Å². The van der Waals surface area contributed by atoms with Gasteiger partial charge in [0.05, 0.1) is 0 Å². The molecule has 41 heavy (non-hydrogen) atoms. The van der Waals surface area contributed by atoms with E-state index >= 15 is 0 Å². The van der Waals surface area contributed by atoms with Gasteiger partial charge in [-0.25, -0.2) is 4.98 Å². The van der Waals surface area contributed by atoms with Crippen molar-refractivity contribution < 1.29 is 14.3 Å². The summed E-state index contributed by atoms with van der Waals surface area (Å²) in [6.07, 6.45) is 9.56. The highest BCUT2D eigenvalue weighted by atomic mass is 16.6. The van der Waals surface area contributed by atoms with E-state index in [9.17, 15) is 4.79 Å². The molecule has 3 heterocycles. The minimum Gasteiger partial charge on any atom is -0.486 e. The molecule has 0 spiro atoms. The van der Waals surface area contributed by atoms with Crippen molar-refractivity contribution in [2.45, 2.75) is 84.6 Å². The Bertz CT molecular complexity index is 1040. The maximum Gasteiger partial charge on any atom is 0.231 e. The molecule has 1 aromatic carbocycles. The summed E-state index contributed by atoms with van der Waals surface area (Å²) in [5.74, 6) is 3.49. The van der Waals surface area contributed by atoms with Crippen molar-refractivity contribution in [2.24, 2.45) is 5.92 Å². The average molecular weight is 565 g/mol. The number of nitrogens with zero attached hydrogens (tertiary/aromatic N) is 4. The number of fused-ring (bicyclic) bond motifs is 1. The number of amides is 1. The van der Waals surface area contributed by atoms with E-state index < -0.39 is 0 Å². The van der Waals surface area contributed by atoms with E-state index in [1.807, 2.05) is 29.2 Å². The fourth-order valence-corrected chi connectivity index (χ4v) is 6.57. The summed E-state index contributed by atoms with van der Waals surface area (Å²) in [6, 6.07) is 12.2. The van der Waals surface area contributed by atoms with Crippen molar-refractivity contribution in [3.63, 3.8) is 0 Å². The van der Waals surface area contributed by atoms with Crippen LogP contribution in [0, 0.1) is 5.92 Å². The fraction of sp³-hybridized carbons (Fsp3) is 0.647. The lowest BCUT2D eigenvalue weighted by Crippen LogP contribution is -2.49. The van der Waals surface area contributed by atoms with Gasteiger partial charge < -0.3 is 19.3 Å². The molecule has 7 nitrogen and oxygen atoms in total. The number of hydrogen-bond acceptors (Lipinski definition) is 6. The Balaban J connectivity index is 0.000000493. The maximum absolute atomic E-state index is 13.6. The highest BCUT2D eigenvalue weighted by Gasteiger charge is 2.33. The van der Waals surface area contributed by atoms with Crippen molar-refractivity contribution >= 4 is 11.7 Å². The Morgan fingerprint density at radius 2 is 1.63 bits per heavy atom. The summed E-state index contributed by atoms with van der Waals surface area (Å²) < 4.78 is 11.8. The van der Waals surface area contributed by atoms with Crippen molar-refractivity contribution in [3.05, 3.63) is 48.2 Å². The van der Waals surface area contributed by atoms with Crippen LogP contribution in [0.1, 0.15) is 84.1 Å². The average Bonchev–Trinajstić information content (AvgIpc) is 3.03. The number of anilines is 1. The molecule has 0 unspecified atom stereocenters. The van der Waals surface area contributed by atoms with Crippen molar-refractivity contribution in [3.8, 4) is 11.5 Å². The van der Waals surface area contributed by atoms with Crippen molar-refractivity contribution in [1.29, 1.82) is 0 Å². The molecule has 1 saturated carbocycles. The van der Waals surface area contributed by atoms with Crippen LogP contribution in [0.5, 0.6) is 11.5 Å². The number of aromatic nitrogens is 1. The number of carbonyl (C=O) groups excluding carboxylic acids is 1. The van der Waals surface area contributed by atoms with E-state index in [2.05, 4.69) is 54.6 Å². The highest BCUT2D eigenvalue weighted by molar-refractivity contribution is 5.94. The molecule has 1 amide bonds. The molecular formula is C34H52N4O3. The van der Waals surface area contributed by atoms with E-state index in [0.717, 1.165) is 75.5 Å². The second-order valence-corrected chi connectivity index (χ2v) is 11.6. The van der Waals surface area contributed by atoms with Crippen LogP contribution in [0.2, 0.25) is 0 Å². The van der Waals surface area contributed by atoms with Crippen LogP contribution in [0.25, 0.3) is 0 Å². The Hall–Kier alpha value is -2.64. The number of rotatable bonds is 9. The molecular weight excluding hydrogens is 512 g/mol. The lowest BCUT2D eigenvalue weighted by atomic mass is 9.87. The van der Waals surface area contributed by atoms with Crippen LogP contribution < -0.4 is 14.4 Å².